The van der Waals surface area contributed by atoms with Gasteiger partial charge in [-0.3, -0.25) is 4.98 Å². The van der Waals surface area contributed by atoms with Crippen molar-refractivity contribution < 1.29 is 18.2 Å². The van der Waals surface area contributed by atoms with Gasteiger partial charge in [0, 0.05) is 16.5 Å². The number of aromatic carboxylic acids is 1. The Labute approximate surface area is 178 Å². The van der Waals surface area contributed by atoms with E-state index in [0.29, 0.717) is 21.5 Å². The molecule has 30 heavy (non-hydrogen) atoms. The Morgan fingerprint density at radius 2 is 1.97 bits per heavy atom. The summed E-state index contributed by atoms with van der Waals surface area (Å²) in [4.78, 5) is 16.2. The maximum atomic E-state index is 14.2. The molecule has 0 aliphatic carbocycles. The minimum atomic E-state index is -1.22. The van der Waals surface area contributed by atoms with Crippen LogP contribution in [0.15, 0.2) is 70.6 Å². The zero-order chi connectivity index (χ0) is 21.1. The number of carbonyl (C=O) groups is 1. The highest BCUT2D eigenvalue weighted by atomic mass is 32.2. The van der Waals surface area contributed by atoms with Gasteiger partial charge in [0.1, 0.15) is 5.82 Å². The third-order valence-electron chi connectivity index (χ3n) is 4.23. The molecule has 4 rings (SSSR count). The maximum Gasteiger partial charge on any atom is 0.336 e. The van der Waals surface area contributed by atoms with Crippen molar-refractivity contribution in [2.24, 2.45) is 0 Å². The molecule has 4 aromatic rings. The summed E-state index contributed by atoms with van der Waals surface area (Å²) in [5.74, 6) is -1.85. The van der Waals surface area contributed by atoms with Gasteiger partial charge in [-0.15, -0.1) is 3.89 Å². The highest BCUT2D eigenvalue weighted by molar-refractivity contribution is 7.99. The first-order chi connectivity index (χ1) is 14.6. The molecular formula is C21H13F2N3O2S2. The van der Waals surface area contributed by atoms with Crippen LogP contribution in [-0.4, -0.2) is 25.2 Å². The Kier molecular flexibility index (Phi) is 5.82. The quantitative estimate of drug-likeness (QED) is 0.398. The van der Waals surface area contributed by atoms with Crippen molar-refractivity contribution >= 4 is 53.1 Å². The van der Waals surface area contributed by atoms with E-state index in [1.165, 1.54) is 18.2 Å². The number of aromatic nitrogens is 3. The van der Waals surface area contributed by atoms with Crippen LogP contribution in [0.3, 0.4) is 0 Å². The molecule has 0 bridgehead atoms. The SMILES string of the molecule is O=C(O)c1cccc(F)c1Sc1ccc2c(/C=C/c3ccccn3)nn(SF)c2c1. The Morgan fingerprint density at radius 3 is 2.70 bits per heavy atom. The lowest BCUT2D eigenvalue weighted by Crippen LogP contribution is -2.00. The summed E-state index contributed by atoms with van der Waals surface area (Å²) in [5, 5.41) is 14.3. The summed E-state index contributed by atoms with van der Waals surface area (Å²) >= 11 is 0.912. The van der Waals surface area contributed by atoms with Crippen LogP contribution in [0.5, 0.6) is 0 Å². The van der Waals surface area contributed by atoms with Crippen molar-refractivity contribution in [3.05, 3.63) is 83.6 Å². The smallest absolute Gasteiger partial charge is 0.336 e. The molecule has 0 unspecified atom stereocenters. The van der Waals surface area contributed by atoms with Crippen LogP contribution in [-0.2, 0) is 0 Å². The molecule has 0 atom stereocenters. The van der Waals surface area contributed by atoms with Crippen LogP contribution >= 0.6 is 24.1 Å². The van der Waals surface area contributed by atoms with Gasteiger partial charge in [0.05, 0.1) is 27.4 Å². The molecule has 2 aromatic heterocycles. The average molecular weight is 441 g/mol. The summed E-state index contributed by atoms with van der Waals surface area (Å²) in [5.41, 5.74) is 1.64. The molecule has 0 fully saturated rings. The zero-order valence-corrected chi connectivity index (χ0v) is 16.8. The van der Waals surface area contributed by atoms with Crippen LogP contribution in [0.2, 0.25) is 0 Å². The Morgan fingerprint density at radius 1 is 1.10 bits per heavy atom. The Balaban J connectivity index is 1.72. The highest BCUT2D eigenvalue weighted by Crippen LogP contribution is 2.36. The van der Waals surface area contributed by atoms with Crippen molar-refractivity contribution in [3.63, 3.8) is 0 Å². The van der Waals surface area contributed by atoms with Crippen LogP contribution in [0, 0.1) is 5.82 Å². The molecule has 0 amide bonds. The lowest BCUT2D eigenvalue weighted by atomic mass is 10.2. The van der Waals surface area contributed by atoms with Gasteiger partial charge in [-0.25, -0.2) is 9.18 Å². The van der Waals surface area contributed by atoms with Gasteiger partial charge in [0.25, 0.3) is 0 Å². The molecule has 2 heterocycles. The Bertz CT molecular complexity index is 1260. The molecule has 1 N–H and O–H groups in total. The van der Waals surface area contributed by atoms with Gasteiger partial charge in [-0.1, -0.05) is 23.9 Å². The van der Waals surface area contributed by atoms with Gasteiger partial charge in [-0.05, 0) is 54.6 Å². The Hall–Kier alpha value is -3.17. The topological polar surface area (TPSA) is 68.0 Å². The van der Waals surface area contributed by atoms with E-state index >= 15 is 0 Å². The summed E-state index contributed by atoms with van der Waals surface area (Å²) < 4.78 is 28.8. The van der Waals surface area contributed by atoms with Gasteiger partial charge in [-0.2, -0.15) is 9.19 Å². The molecule has 0 saturated carbocycles. The molecule has 2 aromatic carbocycles. The molecule has 9 heteroatoms. The predicted molar refractivity (Wildman–Crippen MR) is 114 cm³/mol. The van der Waals surface area contributed by atoms with Crippen molar-refractivity contribution in [2.75, 3.05) is 0 Å². The zero-order valence-electron chi connectivity index (χ0n) is 15.2. The first-order valence-corrected chi connectivity index (χ1v) is 10.2. The van der Waals surface area contributed by atoms with Crippen molar-refractivity contribution in [1.82, 2.24) is 14.2 Å². The van der Waals surface area contributed by atoms with Crippen LogP contribution < -0.4 is 0 Å². The fourth-order valence-electron chi connectivity index (χ4n) is 2.87. The second-order valence-electron chi connectivity index (χ2n) is 6.12. The van der Waals surface area contributed by atoms with Crippen molar-refractivity contribution in [1.29, 1.82) is 0 Å². The van der Waals surface area contributed by atoms with E-state index in [0.717, 1.165) is 21.5 Å². The number of rotatable bonds is 6. The van der Waals surface area contributed by atoms with Crippen molar-refractivity contribution in [2.45, 2.75) is 9.79 Å². The summed E-state index contributed by atoms with van der Waals surface area (Å²) in [7, 11) is 0. The lowest BCUT2D eigenvalue weighted by molar-refractivity contribution is 0.0692. The van der Waals surface area contributed by atoms with Gasteiger partial charge in [0.15, 0.2) is 12.3 Å². The third kappa shape index (κ3) is 4.07. The highest BCUT2D eigenvalue weighted by Gasteiger charge is 2.17. The third-order valence-corrected chi connectivity index (χ3v) is 5.75. The molecule has 5 nitrogen and oxygen atoms in total. The molecular weight excluding hydrogens is 428 g/mol. The van der Waals surface area contributed by atoms with Crippen molar-refractivity contribution in [3.8, 4) is 0 Å². The molecule has 150 valence electrons. The minimum absolute atomic E-state index is 0.00131. The molecule has 0 radical (unpaired) electrons. The number of halogens is 2. The van der Waals surface area contributed by atoms with E-state index in [-0.39, 0.29) is 22.8 Å². The number of fused-ring (bicyclic) bond motifs is 1. The number of hydrogen-bond donors (Lipinski definition) is 1. The largest absolute Gasteiger partial charge is 0.478 e. The normalized spacial score (nSPS) is 11.4. The van der Waals surface area contributed by atoms with Crippen LogP contribution in [0.4, 0.5) is 8.28 Å². The first-order valence-electron chi connectivity index (χ1n) is 8.67. The minimum Gasteiger partial charge on any atom is -0.478 e. The lowest BCUT2D eigenvalue weighted by Gasteiger charge is -2.07. The molecule has 0 saturated heterocycles. The molecule has 0 aliphatic rings. The van der Waals surface area contributed by atoms with E-state index in [4.69, 9.17) is 0 Å². The van der Waals surface area contributed by atoms with Gasteiger partial charge >= 0.3 is 5.97 Å². The molecule has 0 spiro atoms. The number of hydrogen-bond acceptors (Lipinski definition) is 5. The van der Waals surface area contributed by atoms with Gasteiger partial charge < -0.3 is 5.11 Å². The summed E-state index contributed by atoms with van der Waals surface area (Å²) in [6.45, 7) is 0. The molecule has 0 aliphatic heterocycles. The number of pyridine rings is 1. The second-order valence-corrected chi connectivity index (χ2v) is 7.69. The van der Waals surface area contributed by atoms with E-state index < -0.39 is 11.8 Å². The number of nitrogens with zero attached hydrogens (tertiary/aromatic N) is 3. The summed E-state index contributed by atoms with van der Waals surface area (Å²) in [6.07, 6.45) is 5.19. The van der Waals surface area contributed by atoms with E-state index in [9.17, 15) is 18.2 Å². The number of carboxylic acid groups (broad SMARTS) is 1. The predicted octanol–water partition coefficient (Wildman–Crippen LogP) is 5.97. The van der Waals surface area contributed by atoms with E-state index in [1.54, 1.807) is 36.5 Å². The fourth-order valence-corrected chi connectivity index (χ4v) is 4.19. The number of carboxylic acids is 1. The standard InChI is InChI=1S/C21H13F2N3O2S2/c22-17-6-3-5-16(21(27)28)20(17)29-14-8-9-15-18(25-26(30-23)19(15)12-14)10-7-13-4-1-2-11-24-13/h1-12H,(H,27,28)/b10-7+. The first kappa shape index (κ1) is 20.1. The number of benzene rings is 2. The van der Waals surface area contributed by atoms with Crippen LogP contribution in [0.25, 0.3) is 23.1 Å². The van der Waals surface area contributed by atoms with Gasteiger partial charge in [0.2, 0.25) is 0 Å². The monoisotopic (exact) mass is 441 g/mol. The second kappa shape index (κ2) is 8.68. The summed E-state index contributed by atoms with van der Waals surface area (Å²) in [6, 6.07) is 14.5. The fraction of sp³-hybridized carbons (Fsp3) is 0. The van der Waals surface area contributed by atoms with E-state index in [1.807, 2.05) is 18.2 Å². The average Bonchev–Trinajstić information content (AvgIpc) is 3.11. The van der Waals surface area contributed by atoms with Crippen LogP contribution in [0.1, 0.15) is 21.7 Å². The maximum absolute atomic E-state index is 14.2. The van der Waals surface area contributed by atoms with E-state index in [2.05, 4.69) is 10.1 Å².